The molecule has 5 rings (SSSR count). The fourth-order valence-electron chi connectivity index (χ4n) is 4.89. The number of methoxy groups -OCH3 is 1. The topological polar surface area (TPSA) is 74.8 Å². The van der Waals surface area contributed by atoms with Crippen LogP contribution in [0.1, 0.15) is 23.1 Å². The lowest BCUT2D eigenvalue weighted by Crippen LogP contribution is -2.48. The number of amides is 3. The number of anilines is 1. The summed E-state index contributed by atoms with van der Waals surface area (Å²) in [4.78, 5) is 31.9. The zero-order valence-electron chi connectivity index (χ0n) is 18.3. The number of rotatable bonds is 4. The molecule has 0 spiro atoms. The van der Waals surface area contributed by atoms with Crippen molar-refractivity contribution >= 4 is 23.2 Å². The molecule has 1 aromatic heterocycles. The number of fused-ring (bicyclic) bond motifs is 3. The second kappa shape index (κ2) is 8.21. The van der Waals surface area contributed by atoms with Gasteiger partial charge in [-0.25, -0.2) is 18.6 Å². The Morgan fingerprint density at radius 3 is 2.74 bits per heavy atom. The van der Waals surface area contributed by atoms with Crippen LogP contribution in [0.25, 0.3) is 5.57 Å². The van der Waals surface area contributed by atoms with Gasteiger partial charge in [-0.05, 0) is 41.7 Å². The molecule has 2 bridgehead atoms. The highest BCUT2D eigenvalue weighted by Crippen LogP contribution is 2.44. The number of nitrogens with one attached hydrogen (secondary N) is 1. The highest BCUT2D eigenvalue weighted by molar-refractivity contribution is 5.95. The summed E-state index contributed by atoms with van der Waals surface area (Å²) in [5.74, 6) is -3.21. The Morgan fingerprint density at radius 1 is 1.29 bits per heavy atom. The number of hydrogen-bond acceptors (Lipinski definition) is 4. The molecule has 1 aliphatic carbocycles. The first-order valence-electron chi connectivity index (χ1n) is 10.7. The Hall–Kier alpha value is -3.70. The lowest BCUT2D eigenvalue weighted by atomic mass is 10.00. The van der Waals surface area contributed by atoms with Crippen LogP contribution in [0.2, 0.25) is 0 Å². The second-order valence-corrected chi connectivity index (χ2v) is 8.63. The number of hydrogen-bond donors (Lipinski definition) is 1. The van der Waals surface area contributed by atoms with E-state index in [2.05, 4.69) is 10.3 Å². The number of carbonyl (C=O) groups is 2. The number of likely N-dealkylation sites (tertiary alicyclic amines) is 1. The molecule has 7 nitrogen and oxygen atoms in total. The third-order valence-corrected chi connectivity index (χ3v) is 6.51. The molecule has 2 aliphatic heterocycles. The normalized spacial score (nSPS) is 21.1. The Labute approximate surface area is 196 Å². The van der Waals surface area contributed by atoms with Crippen molar-refractivity contribution in [1.82, 2.24) is 14.8 Å². The summed E-state index contributed by atoms with van der Waals surface area (Å²) in [6.45, 7) is -0.345. The van der Waals surface area contributed by atoms with Gasteiger partial charge in [0.2, 0.25) is 11.8 Å². The first-order chi connectivity index (χ1) is 16.6. The molecule has 0 saturated carbocycles. The highest BCUT2D eigenvalue weighted by Gasteiger charge is 2.44. The summed E-state index contributed by atoms with van der Waals surface area (Å²) in [5.41, 5.74) is -0.181. The van der Waals surface area contributed by atoms with Crippen molar-refractivity contribution in [2.24, 2.45) is 5.92 Å². The monoisotopic (exact) mass is 494 g/mol. The molecule has 3 aliphatic rings. The molecule has 3 amide bonds. The Morgan fingerprint density at radius 2 is 2.06 bits per heavy atom. The molecule has 1 aromatic carbocycles. The van der Waals surface area contributed by atoms with Gasteiger partial charge < -0.3 is 19.9 Å². The minimum Gasteiger partial charge on any atom is -0.481 e. The molecule has 1 saturated heterocycles. The van der Waals surface area contributed by atoms with Gasteiger partial charge >= 0.3 is 12.2 Å². The molecule has 12 heteroatoms. The van der Waals surface area contributed by atoms with Gasteiger partial charge in [0.25, 0.3) is 0 Å². The van der Waals surface area contributed by atoms with Crippen LogP contribution in [0, 0.1) is 17.6 Å². The van der Waals surface area contributed by atoms with E-state index in [-0.39, 0.29) is 29.3 Å². The second-order valence-electron chi connectivity index (χ2n) is 8.63. The average molecular weight is 494 g/mol. The van der Waals surface area contributed by atoms with E-state index in [0.717, 1.165) is 24.1 Å². The van der Waals surface area contributed by atoms with Crippen LogP contribution in [0.5, 0.6) is 5.88 Å². The van der Waals surface area contributed by atoms with Crippen LogP contribution in [0.15, 0.2) is 30.5 Å². The molecule has 1 fully saturated rings. The quantitative estimate of drug-likeness (QED) is 0.651. The van der Waals surface area contributed by atoms with Gasteiger partial charge in [0, 0.05) is 18.3 Å². The zero-order valence-corrected chi connectivity index (χ0v) is 18.3. The Bertz CT molecular complexity index is 1260. The SMILES string of the molecule is COc1ncc(C2=CC3C[C@H]2N(C(=O)CN2Cc4c(ccc(F)c4F)NC2=O)C3)cc1C(F)(F)F. The number of pyridine rings is 1. The van der Waals surface area contributed by atoms with E-state index in [9.17, 15) is 31.5 Å². The lowest BCUT2D eigenvalue weighted by molar-refractivity contribution is -0.139. The van der Waals surface area contributed by atoms with Gasteiger partial charge in [0.1, 0.15) is 12.1 Å². The summed E-state index contributed by atoms with van der Waals surface area (Å²) in [5, 5.41) is 2.45. The van der Waals surface area contributed by atoms with Crippen LogP contribution in [-0.4, -0.2) is 53.0 Å². The number of aromatic nitrogens is 1. The van der Waals surface area contributed by atoms with E-state index in [1.54, 1.807) is 0 Å². The number of urea groups is 1. The fraction of sp³-hybridized carbons (Fsp3) is 0.348. The number of nitrogens with zero attached hydrogens (tertiary/aromatic N) is 3. The lowest BCUT2D eigenvalue weighted by Gasteiger charge is -2.33. The number of halogens is 5. The number of benzene rings is 1. The number of alkyl halides is 3. The number of ether oxygens (including phenoxy) is 1. The maximum absolute atomic E-state index is 14.2. The van der Waals surface area contributed by atoms with E-state index in [1.165, 1.54) is 17.2 Å². The molecule has 184 valence electrons. The third-order valence-electron chi connectivity index (χ3n) is 6.51. The smallest absolute Gasteiger partial charge is 0.421 e. The van der Waals surface area contributed by atoms with Crippen molar-refractivity contribution in [3.05, 3.63) is 58.8 Å². The van der Waals surface area contributed by atoms with Crippen LogP contribution in [0.4, 0.5) is 32.4 Å². The van der Waals surface area contributed by atoms with E-state index < -0.39 is 53.8 Å². The van der Waals surface area contributed by atoms with Crippen LogP contribution < -0.4 is 10.1 Å². The predicted octanol–water partition coefficient (Wildman–Crippen LogP) is 4.05. The van der Waals surface area contributed by atoms with Gasteiger partial charge in [-0.1, -0.05) is 6.08 Å². The van der Waals surface area contributed by atoms with E-state index >= 15 is 0 Å². The van der Waals surface area contributed by atoms with Gasteiger partial charge in [0.05, 0.1) is 25.4 Å². The first kappa shape index (κ1) is 23.1. The van der Waals surface area contributed by atoms with E-state index in [0.29, 0.717) is 18.5 Å². The highest BCUT2D eigenvalue weighted by atomic mass is 19.4. The molecule has 35 heavy (non-hydrogen) atoms. The molecule has 3 heterocycles. The molecular formula is C23H19F5N4O3. The molecule has 2 atom stereocenters. The van der Waals surface area contributed by atoms with E-state index in [1.807, 2.05) is 6.08 Å². The van der Waals surface area contributed by atoms with Crippen LogP contribution in [0.3, 0.4) is 0 Å². The summed E-state index contributed by atoms with van der Waals surface area (Å²) in [7, 11) is 1.10. The molecule has 2 aromatic rings. The van der Waals surface area contributed by atoms with Gasteiger partial charge in [-0.3, -0.25) is 4.79 Å². The van der Waals surface area contributed by atoms with Crippen LogP contribution in [-0.2, 0) is 17.5 Å². The largest absolute Gasteiger partial charge is 0.481 e. The van der Waals surface area contributed by atoms with Crippen LogP contribution >= 0.6 is 0 Å². The van der Waals surface area contributed by atoms with Gasteiger partial charge in [0.15, 0.2) is 11.6 Å². The van der Waals surface area contributed by atoms with Crippen molar-refractivity contribution in [3.63, 3.8) is 0 Å². The van der Waals surface area contributed by atoms with Crippen molar-refractivity contribution in [2.75, 3.05) is 25.5 Å². The van der Waals surface area contributed by atoms with Crippen molar-refractivity contribution < 1.29 is 36.3 Å². The minimum absolute atomic E-state index is 0.0576. The van der Waals surface area contributed by atoms with Crippen molar-refractivity contribution in [3.8, 4) is 5.88 Å². The average Bonchev–Trinajstić information content (AvgIpc) is 3.43. The molecular weight excluding hydrogens is 475 g/mol. The molecule has 1 N–H and O–H groups in total. The molecule has 0 radical (unpaired) electrons. The number of carbonyl (C=O) groups excluding carboxylic acids is 2. The zero-order chi connectivity index (χ0) is 25.1. The maximum atomic E-state index is 14.2. The fourth-order valence-corrected chi connectivity index (χ4v) is 4.89. The summed E-state index contributed by atoms with van der Waals surface area (Å²) < 4.78 is 72.9. The molecule has 1 unspecified atom stereocenters. The van der Waals surface area contributed by atoms with Gasteiger partial charge in [-0.2, -0.15) is 13.2 Å². The van der Waals surface area contributed by atoms with Crippen molar-refractivity contribution in [1.29, 1.82) is 0 Å². The third kappa shape index (κ3) is 3.96. The van der Waals surface area contributed by atoms with Crippen molar-refractivity contribution in [2.45, 2.75) is 25.2 Å². The first-order valence-corrected chi connectivity index (χ1v) is 10.7. The Kier molecular flexibility index (Phi) is 5.41. The maximum Gasteiger partial charge on any atom is 0.421 e. The summed E-state index contributed by atoms with van der Waals surface area (Å²) in [6.07, 6.45) is -1.03. The minimum atomic E-state index is -4.67. The Balaban J connectivity index is 1.35. The predicted molar refractivity (Wildman–Crippen MR) is 113 cm³/mol. The standard InChI is InChI=1S/C23H19F5N4O3/c1-35-21-15(23(26,27)28)6-12(7-29-21)13-4-11-5-18(13)32(8-11)19(33)10-31-9-14-17(30-22(31)34)3-2-16(24)20(14)25/h2-4,6-7,11,18H,5,8-10H2,1H3,(H,30,34)/t11?,18-/m1/s1. The van der Waals surface area contributed by atoms with E-state index in [4.69, 9.17) is 4.74 Å². The summed E-state index contributed by atoms with van der Waals surface area (Å²) in [6, 6.07) is 1.99. The van der Waals surface area contributed by atoms with Gasteiger partial charge in [-0.15, -0.1) is 0 Å². The summed E-state index contributed by atoms with van der Waals surface area (Å²) >= 11 is 0.